The molecule has 1 aromatic heterocycles. The largest absolute Gasteiger partial charge is 0.384 e. The minimum absolute atomic E-state index is 0.0115. The van der Waals surface area contributed by atoms with Gasteiger partial charge in [0.05, 0.1) is 17.8 Å². The number of nitrogen functional groups attached to an aromatic ring is 1. The van der Waals surface area contributed by atoms with Gasteiger partial charge in [0, 0.05) is 25.4 Å². The summed E-state index contributed by atoms with van der Waals surface area (Å²) in [4.78, 5) is 0. The lowest BCUT2D eigenvalue weighted by Crippen LogP contribution is -2.47. The molecule has 2 unspecified atom stereocenters. The number of hydrogen-bond acceptors (Lipinski definition) is 6. The second-order valence-electron chi connectivity index (χ2n) is 5.78. The molecule has 0 radical (unpaired) electrons. The van der Waals surface area contributed by atoms with E-state index in [1.165, 1.54) is 0 Å². The number of rotatable bonds is 3. The van der Waals surface area contributed by atoms with Crippen LogP contribution in [0.3, 0.4) is 0 Å². The zero-order valence-corrected chi connectivity index (χ0v) is 11.6. The van der Waals surface area contributed by atoms with Crippen molar-refractivity contribution in [2.45, 2.75) is 37.3 Å². The maximum absolute atomic E-state index is 6.08. The smallest absolute Gasteiger partial charge is 0.123 e. The van der Waals surface area contributed by atoms with E-state index in [0.29, 0.717) is 11.7 Å². The van der Waals surface area contributed by atoms with E-state index in [9.17, 15) is 0 Å². The molecule has 6 N–H and O–H groups in total. The van der Waals surface area contributed by atoms with Crippen LogP contribution in [0.25, 0.3) is 0 Å². The van der Waals surface area contributed by atoms with Crippen LogP contribution in [0.1, 0.15) is 37.3 Å². The lowest BCUT2D eigenvalue weighted by molar-refractivity contribution is -0.150. The summed E-state index contributed by atoms with van der Waals surface area (Å²) in [5, 5.41) is 6.77. The highest BCUT2D eigenvalue weighted by Gasteiger charge is 2.41. The van der Waals surface area contributed by atoms with Crippen molar-refractivity contribution in [1.82, 2.24) is 15.6 Å². The standard InChI is InChI=1S/C13H23N5O2/c14-12-10(8-16-18-12)11(17-15)9-1-4-20-13(7-9)2-5-19-6-3-13/h8-9,11,17H,1-7,15H2,(H3,14,16,18). The van der Waals surface area contributed by atoms with Gasteiger partial charge in [-0.25, -0.2) is 0 Å². The zero-order valence-electron chi connectivity index (χ0n) is 11.6. The lowest BCUT2D eigenvalue weighted by atomic mass is 9.76. The first kappa shape index (κ1) is 13.8. The number of anilines is 1. The van der Waals surface area contributed by atoms with Crippen molar-refractivity contribution in [2.75, 3.05) is 25.6 Å². The number of nitrogens with one attached hydrogen (secondary N) is 2. The van der Waals surface area contributed by atoms with E-state index in [2.05, 4.69) is 15.6 Å². The summed E-state index contributed by atoms with van der Waals surface area (Å²) in [7, 11) is 0. The molecule has 3 heterocycles. The summed E-state index contributed by atoms with van der Waals surface area (Å²) < 4.78 is 11.5. The van der Waals surface area contributed by atoms with Gasteiger partial charge in [-0.1, -0.05) is 0 Å². The van der Waals surface area contributed by atoms with Crippen LogP contribution >= 0.6 is 0 Å². The van der Waals surface area contributed by atoms with Crippen LogP contribution in [0.15, 0.2) is 6.20 Å². The van der Waals surface area contributed by atoms with Crippen LogP contribution in [-0.2, 0) is 9.47 Å². The number of nitrogens with two attached hydrogens (primary N) is 2. The second-order valence-corrected chi connectivity index (χ2v) is 5.78. The highest BCUT2D eigenvalue weighted by molar-refractivity contribution is 5.39. The maximum Gasteiger partial charge on any atom is 0.123 e. The van der Waals surface area contributed by atoms with Crippen LogP contribution in [0, 0.1) is 5.92 Å². The van der Waals surface area contributed by atoms with Crippen LogP contribution in [-0.4, -0.2) is 35.6 Å². The summed E-state index contributed by atoms with van der Waals surface area (Å²) in [5.74, 6) is 6.75. The van der Waals surface area contributed by atoms with E-state index in [1.807, 2.05) is 0 Å². The quantitative estimate of drug-likeness (QED) is 0.473. The van der Waals surface area contributed by atoms with Gasteiger partial charge in [-0.2, -0.15) is 5.10 Å². The van der Waals surface area contributed by atoms with E-state index in [-0.39, 0.29) is 11.6 Å². The first-order chi connectivity index (χ1) is 9.74. The number of aromatic nitrogens is 2. The molecule has 0 aliphatic carbocycles. The molecule has 2 fully saturated rings. The Morgan fingerprint density at radius 2 is 2.20 bits per heavy atom. The Labute approximate surface area is 118 Å². The van der Waals surface area contributed by atoms with Crippen molar-refractivity contribution >= 4 is 5.82 Å². The molecular weight excluding hydrogens is 258 g/mol. The summed E-state index contributed by atoms with van der Waals surface area (Å²) in [5.41, 5.74) is 9.74. The Morgan fingerprint density at radius 1 is 1.40 bits per heavy atom. The van der Waals surface area contributed by atoms with Crippen molar-refractivity contribution < 1.29 is 9.47 Å². The molecule has 7 nitrogen and oxygen atoms in total. The molecule has 1 aromatic rings. The van der Waals surface area contributed by atoms with Gasteiger partial charge in [0.25, 0.3) is 0 Å². The monoisotopic (exact) mass is 281 g/mol. The number of hydrogen-bond donors (Lipinski definition) is 4. The lowest BCUT2D eigenvalue weighted by Gasteiger charge is -2.45. The van der Waals surface area contributed by atoms with Crippen molar-refractivity contribution in [3.05, 3.63) is 11.8 Å². The van der Waals surface area contributed by atoms with E-state index in [0.717, 1.165) is 51.1 Å². The van der Waals surface area contributed by atoms with Crippen molar-refractivity contribution in [2.24, 2.45) is 11.8 Å². The van der Waals surface area contributed by atoms with Crippen LogP contribution in [0.5, 0.6) is 0 Å². The normalized spacial score (nSPS) is 27.6. The van der Waals surface area contributed by atoms with Gasteiger partial charge in [-0.05, 0) is 31.6 Å². The number of ether oxygens (including phenoxy) is 2. The number of hydrazine groups is 1. The molecule has 112 valence electrons. The molecule has 1 spiro atoms. The van der Waals surface area contributed by atoms with Gasteiger partial charge in [0.2, 0.25) is 0 Å². The van der Waals surface area contributed by atoms with E-state index < -0.39 is 0 Å². The third-order valence-electron chi connectivity index (χ3n) is 4.62. The minimum atomic E-state index is -0.0469. The molecule has 2 aliphatic rings. The van der Waals surface area contributed by atoms with Gasteiger partial charge in [0.1, 0.15) is 5.82 Å². The molecule has 0 saturated carbocycles. The Balaban J connectivity index is 1.76. The van der Waals surface area contributed by atoms with Crippen molar-refractivity contribution in [1.29, 1.82) is 0 Å². The molecule has 0 bridgehead atoms. The fourth-order valence-corrected chi connectivity index (χ4v) is 3.48. The molecule has 0 amide bonds. The Morgan fingerprint density at radius 3 is 2.85 bits per heavy atom. The molecule has 3 rings (SSSR count). The Kier molecular flexibility index (Phi) is 3.93. The predicted molar refractivity (Wildman–Crippen MR) is 74.5 cm³/mol. The van der Waals surface area contributed by atoms with Crippen LogP contribution in [0.2, 0.25) is 0 Å². The van der Waals surface area contributed by atoms with E-state index in [4.69, 9.17) is 21.1 Å². The fraction of sp³-hybridized carbons (Fsp3) is 0.769. The zero-order chi connectivity index (χ0) is 14.0. The third kappa shape index (κ3) is 2.54. The van der Waals surface area contributed by atoms with Crippen LogP contribution < -0.4 is 17.0 Å². The SMILES string of the molecule is NNC(c1cn[nH]c1N)C1CCOC2(CCOCC2)C1. The Bertz CT molecular complexity index is 438. The van der Waals surface area contributed by atoms with E-state index >= 15 is 0 Å². The molecule has 0 aromatic carbocycles. The van der Waals surface area contributed by atoms with Crippen molar-refractivity contribution in [3.63, 3.8) is 0 Å². The topological polar surface area (TPSA) is 111 Å². The molecular formula is C13H23N5O2. The second kappa shape index (κ2) is 5.69. The molecule has 7 heteroatoms. The minimum Gasteiger partial charge on any atom is -0.384 e. The maximum atomic E-state index is 6.08. The van der Waals surface area contributed by atoms with Gasteiger partial charge in [-0.15, -0.1) is 0 Å². The van der Waals surface area contributed by atoms with Crippen LogP contribution in [0.4, 0.5) is 5.82 Å². The average Bonchev–Trinajstić information content (AvgIpc) is 2.87. The average molecular weight is 281 g/mol. The fourth-order valence-electron chi connectivity index (χ4n) is 3.48. The molecule has 2 atom stereocenters. The van der Waals surface area contributed by atoms with Crippen molar-refractivity contribution in [3.8, 4) is 0 Å². The number of nitrogens with zero attached hydrogens (tertiary/aromatic N) is 1. The highest BCUT2D eigenvalue weighted by Crippen LogP contribution is 2.42. The molecule has 2 aliphatic heterocycles. The van der Waals surface area contributed by atoms with Gasteiger partial charge < -0.3 is 15.2 Å². The summed E-state index contributed by atoms with van der Waals surface area (Å²) >= 11 is 0. The first-order valence-corrected chi connectivity index (χ1v) is 7.21. The summed E-state index contributed by atoms with van der Waals surface area (Å²) in [6.45, 7) is 2.32. The molecule has 2 saturated heterocycles. The summed E-state index contributed by atoms with van der Waals surface area (Å²) in [6, 6.07) is 0.0115. The number of aromatic amines is 1. The number of H-pyrrole nitrogens is 1. The van der Waals surface area contributed by atoms with E-state index in [1.54, 1.807) is 6.20 Å². The molecule has 20 heavy (non-hydrogen) atoms. The first-order valence-electron chi connectivity index (χ1n) is 7.21. The summed E-state index contributed by atoms with van der Waals surface area (Å²) in [6.07, 6.45) is 5.63. The third-order valence-corrected chi connectivity index (χ3v) is 4.62. The predicted octanol–water partition coefficient (Wildman–Crippen LogP) is 0.472. The van der Waals surface area contributed by atoms with Gasteiger partial charge in [-0.3, -0.25) is 16.4 Å². The van der Waals surface area contributed by atoms with Gasteiger partial charge in [0.15, 0.2) is 0 Å². The van der Waals surface area contributed by atoms with Gasteiger partial charge >= 0.3 is 0 Å². The highest BCUT2D eigenvalue weighted by atomic mass is 16.5. The Hall–Kier alpha value is -1.15.